The summed E-state index contributed by atoms with van der Waals surface area (Å²) in [5.74, 6) is -2.74. The Morgan fingerprint density at radius 3 is 2.31 bits per heavy atom. The normalized spacial score (nSPS) is 12.8. The maximum Gasteiger partial charge on any atom is 0.406 e. The second-order valence-corrected chi connectivity index (χ2v) is 8.85. The van der Waals surface area contributed by atoms with Crippen molar-refractivity contribution < 1.29 is 34.2 Å². The molecule has 2 aromatic rings. The molecule has 0 fully saturated rings. The zero-order valence-electron chi connectivity index (χ0n) is 13.3. The van der Waals surface area contributed by atoms with Crippen LogP contribution in [0.1, 0.15) is 6.92 Å². The molecule has 0 aliphatic carbocycles. The molecule has 142 valence electrons. The Labute approximate surface area is 147 Å². The highest BCUT2D eigenvalue weighted by molar-refractivity contribution is 7.91. The number of alkyl halides is 3. The fourth-order valence-corrected chi connectivity index (χ4v) is 3.84. The fourth-order valence-electron chi connectivity index (χ4n) is 1.94. The van der Waals surface area contributed by atoms with E-state index in [-0.39, 0.29) is 22.0 Å². The molecule has 2 heterocycles. The lowest BCUT2D eigenvalue weighted by Crippen LogP contribution is -2.26. The Morgan fingerprint density at radius 1 is 1.08 bits per heavy atom. The summed E-state index contributed by atoms with van der Waals surface area (Å²) in [6, 6.07) is 5.05. The van der Waals surface area contributed by atoms with E-state index in [0.717, 1.165) is 12.3 Å². The van der Waals surface area contributed by atoms with Crippen molar-refractivity contribution in [2.24, 2.45) is 0 Å². The van der Waals surface area contributed by atoms with Crippen LogP contribution in [-0.4, -0.2) is 44.5 Å². The molecule has 7 nitrogen and oxygen atoms in total. The number of aromatic nitrogens is 2. The Morgan fingerprint density at radius 2 is 1.77 bits per heavy atom. The van der Waals surface area contributed by atoms with Crippen molar-refractivity contribution >= 4 is 20.0 Å². The standard InChI is InChI=1S/C14H13F3N2O5S2/c1-2-25(20,21)12-4-3-7-18-13(12)11-6-5-10(8-19-11)24-26(22,23)9-14(15,16)17/h3-8H,2,9H2,1H3. The van der Waals surface area contributed by atoms with Crippen LogP contribution in [0.3, 0.4) is 0 Å². The predicted molar refractivity (Wildman–Crippen MR) is 85.7 cm³/mol. The van der Waals surface area contributed by atoms with Crippen LogP contribution in [0.2, 0.25) is 0 Å². The summed E-state index contributed by atoms with van der Waals surface area (Å²) in [5.41, 5.74) is 0.136. The molecule has 0 aromatic carbocycles. The number of rotatable bonds is 6. The summed E-state index contributed by atoms with van der Waals surface area (Å²) in [7, 11) is -8.47. The summed E-state index contributed by atoms with van der Waals surface area (Å²) in [5, 5.41) is 0. The minimum atomic E-state index is -4.94. The van der Waals surface area contributed by atoms with Gasteiger partial charge in [0.05, 0.1) is 22.5 Å². The smallest absolute Gasteiger partial charge is 0.381 e. The molecule has 0 bridgehead atoms. The molecule has 0 spiro atoms. The van der Waals surface area contributed by atoms with E-state index in [9.17, 15) is 30.0 Å². The van der Waals surface area contributed by atoms with Crippen LogP contribution >= 0.6 is 0 Å². The first-order valence-corrected chi connectivity index (χ1v) is 10.3. The van der Waals surface area contributed by atoms with E-state index in [2.05, 4.69) is 14.2 Å². The summed E-state index contributed by atoms with van der Waals surface area (Å²) >= 11 is 0. The molecule has 0 N–H and O–H groups in total. The lowest BCUT2D eigenvalue weighted by atomic mass is 10.2. The van der Waals surface area contributed by atoms with Crippen molar-refractivity contribution in [3.63, 3.8) is 0 Å². The van der Waals surface area contributed by atoms with Gasteiger partial charge in [-0.25, -0.2) is 8.42 Å². The van der Waals surface area contributed by atoms with Crippen molar-refractivity contribution in [2.45, 2.75) is 18.0 Å². The van der Waals surface area contributed by atoms with E-state index in [1.54, 1.807) is 0 Å². The highest BCUT2D eigenvalue weighted by atomic mass is 32.2. The first-order valence-electron chi connectivity index (χ1n) is 7.06. The van der Waals surface area contributed by atoms with E-state index in [4.69, 9.17) is 0 Å². The second-order valence-electron chi connectivity index (χ2n) is 5.03. The topological polar surface area (TPSA) is 103 Å². The Bertz CT molecular complexity index is 988. The van der Waals surface area contributed by atoms with E-state index in [0.29, 0.717) is 0 Å². The zero-order chi connectivity index (χ0) is 19.6. The third kappa shape index (κ3) is 5.14. The van der Waals surface area contributed by atoms with Crippen molar-refractivity contribution in [1.82, 2.24) is 9.97 Å². The zero-order valence-corrected chi connectivity index (χ0v) is 14.9. The maximum absolute atomic E-state index is 12.2. The number of nitrogens with zero attached hydrogens (tertiary/aromatic N) is 2. The minimum Gasteiger partial charge on any atom is -0.381 e. The third-order valence-corrected chi connectivity index (χ3v) is 5.92. The number of pyridine rings is 2. The Hall–Kier alpha value is -2.21. The molecule has 0 saturated carbocycles. The van der Waals surface area contributed by atoms with E-state index >= 15 is 0 Å². The van der Waals surface area contributed by atoms with Gasteiger partial charge in [-0.2, -0.15) is 21.6 Å². The van der Waals surface area contributed by atoms with Gasteiger partial charge in [0.1, 0.15) is 5.69 Å². The lowest BCUT2D eigenvalue weighted by molar-refractivity contribution is -0.107. The molecular formula is C14H13F3N2O5S2. The molecule has 0 unspecified atom stereocenters. The molecule has 0 saturated heterocycles. The van der Waals surface area contributed by atoms with Gasteiger partial charge < -0.3 is 4.18 Å². The quantitative estimate of drug-likeness (QED) is 0.673. The average molecular weight is 410 g/mol. The molecular weight excluding hydrogens is 397 g/mol. The van der Waals surface area contributed by atoms with Gasteiger partial charge in [-0.3, -0.25) is 9.97 Å². The van der Waals surface area contributed by atoms with Crippen molar-refractivity contribution in [3.05, 3.63) is 36.7 Å². The predicted octanol–water partition coefficient (Wildman–Crippen LogP) is 2.21. The number of hydrogen-bond acceptors (Lipinski definition) is 7. The van der Waals surface area contributed by atoms with Crippen LogP contribution in [-0.2, 0) is 20.0 Å². The van der Waals surface area contributed by atoms with E-state index in [1.807, 2.05) is 0 Å². The van der Waals surface area contributed by atoms with Crippen molar-refractivity contribution in [1.29, 1.82) is 0 Å². The minimum absolute atomic E-state index is 0.0408. The van der Waals surface area contributed by atoms with Gasteiger partial charge >= 0.3 is 16.3 Å². The van der Waals surface area contributed by atoms with Crippen LogP contribution in [0.15, 0.2) is 41.6 Å². The van der Waals surface area contributed by atoms with E-state index in [1.165, 1.54) is 31.3 Å². The lowest BCUT2D eigenvalue weighted by Gasteiger charge is -2.10. The van der Waals surface area contributed by atoms with Crippen LogP contribution in [0.25, 0.3) is 11.4 Å². The number of sulfone groups is 1. The summed E-state index contributed by atoms with van der Waals surface area (Å²) in [6.45, 7) is 1.46. The van der Waals surface area contributed by atoms with Crippen LogP contribution in [0.5, 0.6) is 5.75 Å². The van der Waals surface area contributed by atoms with Crippen LogP contribution in [0, 0.1) is 0 Å². The first kappa shape index (κ1) is 20.1. The maximum atomic E-state index is 12.2. The molecule has 2 aromatic heterocycles. The molecule has 0 amide bonds. The number of hydrogen-bond donors (Lipinski definition) is 0. The molecule has 0 radical (unpaired) electrons. The SMILES string of the molecule is CCS(=O)(=O)c1cccnc1-c1ccc(OS(=O)(=O)CC(F)(F)F)cn1. The summed E-state index contributed by atoms with van der Waals surface area (Å²) in [4.78, 5) is 7.75. The highest BCUT2D eigenvalue weighted by Crippen LogP contribution is 2.26. The molecule has 0 aliphatic heterocycles. The van der Waals surface area contributed by atoms with Gasteiger partial charge in [0.2, 0.25) is 0 Å². The second kappa shape index (κ2) is 7.19. The molecule has 12 heteroatoms. The molecule has 0 atom stereocenters. The third-order valence-electron chi connectivity index (χ3n) is 3.03. The summed E-state index contributed by atoms with van der Waals surface area (Å²) < 4.78 is 87.8. The molecule has 0 aliphatic rings. The Balaban J connectivity index is 2.32. The van der Waals surface area contributed by atoms with Crippen LogP contribution < -0.4 is 4.18 Å². The van der Waals surface area contributed by atoms with Crippen molar-refractivity contribution in [2.75, 3.05) is 11.5 Å². The first-order chi connectivity index (χ1) is 11.9. The number of halogens is 3. The van der Waals surface area contributed by atoms with E-state index < -0.39 is 37.6 Å². The van der Waals surface area contributed by atoms with Gasteiger partial charge in [0.15, 0.2) is 21.3 Å². The van der Waals surface area contributed by atoms with Crippen LogP contribution in [0.4, 0.5) is 13.2 Å². The van der Waals surface area contributed by atoms with Gasteiger partial charge in [0, 0.05) is 6.20 Å². The van der Waals surface area contributed by atoms with Gasteiger partial charge in [-0.15, -0.1) is 0 Å². The molecule has 2 rings (SSSR count). The summed E-state index contributed by atoms with van der Waals surface area (Å²) in [6.07, 6.45) is -2.71. The average Bonchev–Trinajstić information content (AvgIpc) is 2.53. The van der Waals surface area contributed by atoms with Crippen molar-refractivity contribution in [3.8, 4) is 17.1 Å². The van der Waals surface area contributed by atoms with Gasteiger partial charge in [0.25, 0.3) is 0 Å². The largest absolute Gasteiger partial charge is 0.406 e. The highest BCUT2D eigenvalue weighted by Gasteiger charge is 2.36. The fraction of sp³-hybridized carbons (Fsp3) is 0.286. The monoisotopic (exact) mass is 410 g/mol. The van der Waals surface area contributed by atoms with Gasteiger partial charge in [-0.1, -0.05) is 6.92 Å². The van der Waals surface area contributed by atoms with Gasteiger partial charge in [-0.05, 0) is 24.3 Å². The molecule has 26 heavy (non-hydrogen) atoms. The Kier molecular flexibility index (Phi) is 5.56.